The first kappa shape index (κ1) is 26.7. The molecule has 0 bridgehead atoms. The number of rotatable bonds is 9. The van der Waals surface area contributed by atoms with Crippen LogP contribution in [0, 0.1) is 0 Å². The Labute approximate surface area is 216 Å². The molecule has 0 N–H and O–H groups in total. The van der Waals surface area contributed by atoms with E-state index in [1.165, 1.54) is 25.6 Å². The molecule has 7 nitrogen and oxygen atoms in total. The van der Waals surface area contributed by atoms with Crippen LogP contribution in [0.3, 0.4) is 0 Å². The maximum absolute atomic E-state index is 15.5. The van der Waals surface area contributed by atoms with Crippen molar-refractivity contribution in [3.8, 4) is 11.5 Å². The summed E-state index contributed by atoms with van der Waals surface area (Å²) >= 11 is 1.49. The third kappa shape index (κ3) is 6.14. The fourth-order valence-electron chi connectivity index (χ4n) is 4.29. The van der Waals surface area contributed by atoms with Crippen molar-refractivity contribution in [1.29, 1.82) is 0 Å². The summed E-state index contributed by atoms with van der Waals surface area (Å²) in [5.74, 6) is 1.54. The van der Waals surface area contributed by atoms with Crippen molar-refractivity contribution >= 4 is 16.9 Å². The second kappa shape index (κ2) is 11.4. The molecule has 1 saturated heterocycles. The number of nitrogens with zero attached hydrogens (tertiary/aromatic N) is 2. The van der Waals surface area contributed by atoms with Gasteiger partial charge in [-0.3, -0.25) is 4.99 Å². The molecule has 0 amide bonds. The van der Waals surface area contributed by atoms with Crippen LogP contribution >= 0.6 is 11.8 Å². The Morgan fingerprint density at radius 1 is 0.889 bits per heavy atom. The SMILES string of the molecule is COc1ccc(CO[C@@H]2[C@H]3N=C(N(C)C)S[C@H]3O[C@H](C(C)(C)F)[C@H]2OCc2ccc(OC)cc2)cc1. The van der Waals surface area contributed by atoms with Crippen molar-refractivity contribution in [1.82, 2.24) is 4.90 Å². The van der Waals surface area contributed by atoms with Gasteiger partial charge in [0, 0.05) is 14.1 Å². The van der Waals surface area contributed by atoms with Crippen LogP contribution in [-0.4, -0.2) is 73.8 Å². The predicted molar refractivity (Wildman–Crippen MR) is 139 cm³/mol. The van der Waals surface area contributed by atoms with Crippen LogP contribution in [0.15, 0.2) is 53.5 Å². The summed E-state index contributed by atoms with van der Waals surface area (Å²) in [6, 6.07) is 15.0. The van der Waals surface area contributed by atoms with Crippen LogP contribution in [0.1, 0.15) is 25.0 Å². The van der Waals surface area contributed by atoms with E-state index >= 15 is 4.39 Å². The molecule has 1 fully saturated rings. The van der Waals surface area contributed by atoms with Gasteiger partial charge in [-0.1, -0.05) is 36.0 Å². The maximum Gasteiger partial charge on any atom is 0.161 e. The Morgan fingerprint density at radius 3 is 1.83 bits per heavy atom. The summed E-state index contributed by atoms with van der Waals surface area (Å²) in [5.41, 5.74) is -0.0884. The second-order valence-electron chi connectivity index (χ2n) is 9.65. The van der Waals surface area contributed by atoms with Crippen molar-refractivity contribution in [3.63, 3.8) is 0 Å². The third-order valence-corrected chi connectivity index (χ3v) is 7.57. The third-order valence-electron chi connectivity index (χ3n) is 6.26. The van der Waals surface area contributed by atoms with Gasteiger partial charge in [-0.15, -0.1) is 0 Å². The van der Waals surface area contributed by atoms with Crippen LogP contribution < -0.4 is 9.47 Å². The number of thioether (sulfide) groups is 1. The smallest absolute Gasteiger partial charge is 0.161 e. The number of halogens is 1. The van der Waals surface area contributed by atoms with E-state index in [0.717, 1.165) is 27.8 Å². The molecular formula is C27H35FN2O5S. The Kier molecular flexibility index (Phi) is 8.44. The summed E-state index contributed by atoms with van der Waals surface area (Å²) < 4.78 is 45.2. The molecule has 36 heavy (non-hydrogen) atoms. The Morgan fingerprint density at radius 2 is 1.39 bits per heavy atom. The standard InChI is InChI=1S/C27H35FN2O5S/c1-27(2,28)24-23(34-16-18-9-13-20(32-6)14-10-18)22(21-25(35-24)36-26(29-21)30(3)4)33-15-17-7-11-19(31-5)12-8-17/h7-14,21-25H,15-16H2,1-6H3/t21-,22-,23+,24+,25-/m1/s1. The zero-order chi connectivity index (χ0) is 25.9. The van der Waals surface area contributed by atoms with Gasteiger partial charge in [-0.05, 0) is 49.2 Å². The van der Waals surface area contributed by atoms with E-state index in [1.807, 2.05) is 67.5 Å². The van der Waals surface area contributed by atoms with Crippen LogP contribution in [0.4, 0.5) is 4.39 Å². The molecule has 0 unspecified atom stereocenters. The van der Waals surface area contributed by atoms with Crippen molar-refractivity contribution in [2.75, 3.05) is 28.3 Å². The van der Waals surface area contributed by atoms with Crippen molar-refractivity contribution in [2.24, 2.45) is 4.99 Å². The average molecular weight is 519 g/mol. The van der Waals surface area contributed by atoms with Crippen LogP contribution in [0.25, 0.3) is 0 Å². The minimum Gasteiger partial charge on any atom is -0.497 e. The summed E-state index contributed by atoms with van der Waals surface area (Å²) in [6.07, 6.45) is -2.01. The lowest BCUT2D eigenvalue weighted by Gasteiger charge is -2.45. The second-order valence-corrected chi connectivity index (χ2v) is 10.7. The Hall–Kier alpha value is -2.33. The quantitative estimate of drug-likeness (QED) is 0.478. The molecule has 2 aliphatic rings. The van der Waals surface area contributed by atoms with E-state index in [-0.39, 0.29) is 18.1 Å². The van der Waals surface area contributed by atoms with Gasteiger partial charge in [0.2, 0.25) is 0 Å². The van der Waals surface area contributed by atoms with E-state index < -0.39 is 24.0 Å². The Bertz CT molecular complexity index is 1030. The van der Waals surface area contributed by atoms with Gasteiger partial charge in [0.25, 0.3) is 0 Å². The molecule has 2 aromatic rings. The highest BCUT2D eigenvalue weighted by Gasteiger charge is 2.55. The molecule has 2 heterocycles. The van der Waals surface area contributed by atoms with Gasteiger partial charge in [0.1, 0.15) is 47.0 Å². The van der Waals surface area contributed by atoms with Gasteiger partial charge in [0.05, 0.1) is 27.4 Å². The molecule has 4 rings (SSSR count). The molecule has 0 radical (unpaired) electrons. The number of aliphatic imine (C=N–C) groups is 1. The molecule has 0 spiro atoms. The number of amidine groups is 1. The molecule has 0 saturated carbocycles. The zero-order valence-corrected chi connectivity index (χ0v) is 22.5. The fraction of sp³-hybridized carbons (Fsp3) is 0.519. The van der Waals surface area contributed by atoms with Gasteiger partial charge < -0.3 is 28.6 Å². The maximum atomic E-state index is 15.5. The molecule has 2 aromatic carbocycles. The highest BCUT2D eigenvalue weighted by atomic mass is 32.2. The number of methoxy groups -OCH3 is 2. The van der Waals surface area contributed by atoms with Gasteiger partial charge in [-0.25, -0.2) is 4.39 Å². The number of ether oxygens (including phenoxy) is 5. The van der Waals surface area contributed by atoms with Crippen molar-refractivity contribution in [3.05, 3.63) is 59.7 Å². The monoisotopic (exact) mass is 518 g/mol. The molecule has 0 aliphatic carbocycles. The average Bonchev–Trinajstić information content (AvgIpc) is 3.30. The van der Waals surface area contributed by atoms with Crippen molar-refractivity contribution < 1.29 is 28.1 Å². The molecule has 2 aliphatic heterocycles. The fourth-order valence-corrected chi connectivity index (χ4v) is 5.43. The highest BCUT2D eigenvalue weighted by Crippen LogP contribution is 2.43. The predicted octanol–water partition coefficient (Wildman–Crippen LogP) is 4.68. The lowest BCUT2D eigenvalue weighted by molar-refractivity contribution is -0.225. The number of benzene rings is 2. The first-order chi connectivity index (χ1) is 17.2. The highest BCUT2D eigenvalue weighted by molar-refractivity contribution is 8.14. The molecular weight excluding hydrogens is 483 g/mol. The number of hydrogen-bond donors (Lipinski definition) is 0. The van der Waals surface area contributed by atoms with E-state index in [1.54, 1.807) is 14.2 Å². The lowest BCUT2D eigenvalue weighted by Crippen LogP contribution is -2.61. The van der Waals surface area contributed by atoms with Gasteiger partial charge in [0.15, 0.2) is 5.17 Å². The Balaban J connectivity index is 1.60. The van der Waals surface area contributed by atoms with Crippen molar-refractivity contribution in [2.45, 2.75) is 62.5 Å². The first-order valence-corrected chi connectivity index (χ1v) is 12.8. The van der Waals surface area contributed by atoms with E-state index in [9.17, 15) is 0 Å². The number of hydrogen-bond acceptors (Lipinski definition) is 8. The number of fused-ring (bicyclic) bond motifs is 1. The minimum absolute atomic E-state index is 0.280. The summed E-state index contributed by atoms with van der Waals surface area (Å²) in [4.78, 5) is 6.83. The topological polar surface area (TPSA) is 61.8 Å². The largest absolute Gasteiger partial charge is 0.497 e. The van der Waals surface area contributed by atoms with E-state index in [0.29, 0.717) is 6.61 Å². The van der Waals surface area contributed by atoms with Crippen LogP contribution in [0.5, 0.6) is 11.5 Å². The molecule has 5 atom stereocenters. The number of alkyl halides is 1. The summed E-state index contributed by atoms with van der Waals surface area (Å²) in [7, 11) is 7.13. The normalized spacial score (nSPS) is 25.8. The summed E-state index contributed by atoms with van der Waals surface area (Å²) in [6.45, 7) is 3.66. The first-order valence-electron chi connectivity index (χ1n) is 11.9. The van der Waals surface area contributed by atoms with E-state index in [2.05, 4.69) is 0 Å². The lowest BCUT2D eigenvalue weighted by atomic mass is 9.89. The van der Waals surface area contributed by atoms with Crippen LogP contribution in [-0.2, 0) is 27.4 Å². The molecule has 196 valence electrons. The zero-order valence-electron chi connectivity index (χ0n) is 21.6. The minimum atomic E-state index is -1.65. The molecule has 9 heteroatoms. The van der Waals surface area contributed by atoms with Crippen LogP contribution in [0.2, 0.25) is 0 Å². The van der Waals surface area contributed by atoms with Gasteiger partial charge >= 0.3 is 0 Å². The van der Waals surface area contributed by atoms with Gasteiger partial charge in [-0.2, -0.15) is 0 Å². The summed E-state index contributed by atoms with van der Waals surface area (Å²) in [5, 5.41) is 0.828. The molecule has 0 aromatic heterocycles. The van der Waals surface area contributed by atoms with E-state index in [4.69, 9.17) is 28.7 Å².